The average molecular weight is 313 g/mol. The molecule has 1 fully saturated rings. The average Bonchev–Trinajstić information content (AvgIpc) is 2.61. The van der Waals surface area contributed by atoms with E-state index >= 15 is 0 Å². The topological polar surface area (TPSA) is 67.2 Å². The first kappa shape index (κ1) is 15.8. The Balaban J connectivity index is 2.30. The third-order valence-corrected chi connectivity index (χ3v) is 4.58. The van der Waals surface area contributed by atoms with Crippen molar-refractivity contribution in [1.82, 2.24) is 20.0 Å². The fourth-order valence-electron chi connectivity index (χ4n) is 2.55. The molecule has 1 aliphatic rings. The van der Waals surface area contributed by atoms with Crippen LogP contribution in [0, 0.1) is 6.92 Å². The zero-order valence-corrected chi connectivity index (χ0v) is 13.6. The number of nitrogens with one attached hydrogen (secondary N) is 1. The third kappa shape index (κ3) is 2.90. The van der Waals surface area contributed by atoms with Crippen molar-refractivity contribution in [3.8, 4) is 0 Å². The summed E-state index contributed by atoms with van der Waals surface area (Å²) in [6.07, 6.45) is 0.853. The highest BCUT2D eigenvalue weighted by molar-refractivity contribution is 6.30. The number of amides is 2. The van der Waals surface area contributed by atoms with Crippen molar-refractivity contribution in [2.45, 2.75) is 45.7 Å². The monoisotopic (exact) mass is 312 g/mol. The van der Waals surface area contributed by atoms with Gasteiger partial charge >= 0.3 is 0 Å². The maximum Gasteiger partial charge on any atom is 0.248 e. The van der Waals surface area contributed by atoms with Crippen LogP contribution >= 0.6 is 11.6 Å². The summed E-state index contributed by atoms with van der Waals surface area (Å²) in [5.74, 6) is -0.167. The van der Waals surface area contributed by atoms with Gasteiger partial charge in [-0.3, -0.25) is 14.3 Å². The van der Waals surface area contributed by atoms with Crippen molar-refractivity contribution in [2.75, 3.05) is 6.54 Å². The molecule has 6 nitrogen and oxygen atoms in total. The number of aryl methyl sites for hydroxylation is 2. The Kier molecular flexibility index (Phi) is 4.27. The molecule has 1 atom stereocenters. The Hall–Kier alpha value is -1.56. The van der Waals surface area contributed by atoms with Crippen molar-refractivity contribution in [1.29, 1.82) is 0 Å². The molecule has 1 aromatic heterocycles. The number of hydrogen-bond acceptors (Lipinski definition) is 3. The number of carbonyl (C=O) groups is 2. The van der Waals surface area contributed by atoms with Crippen LogP contribution in [0.25, 0.3) is 0 Å². The van der Waals surface area contributed by atoms with E-state index in [4.69, 9.17) is 11.6 Å². The molecule has 21 heavy (non-hydrogen) atoms. The lowest BCUT2D eigenvalue weighted by molar-refractivity contribution is -0.138. The summed E-state index contributed by atoms with van der Waals surface area (Å²) >= 11 is 6.24. The van der Waals surface area contributed by atoms with Crippen LogP contribution in [0.4, 0.5) is 0 Å². The summed E-state index contributed by atoms with van der Waals surface area (Å²) < 4.78 is 1.59. The Morgan fingerprint density at radius 1 is 1.43 bits per heavy atom. The highest BCUT2D eigenvalue weighted by atomic mass is 35.5. The Labute approximate surface area is 129 Å². The first-order valence-electron chi connectivity index (χ1n) is 7.07. The predicted molar refractivity (Wildman–Crippen MR) is 79.8 cm³/mol. The molecular weight excluding hydrogens is 292 g/mol. The summed E-state index contributed by atoms with van der Waals surface area (Å²) in [5, 5.41) is 7.61. The highest BCUT2D eigenvalue weighted by Gasteiger charge is 2.39. The Bertz CT molecular complexity index is 584. The second-order valence-electron chi connectivity index (χ2n) is 5.69. The molecule has 116 valence electrons. The van der Waals surface area contributed by atoms with Gasteiger partial charge in [0, 0.05) is 25.6 Å². The number of hydrogen-bond donors (Lipinski definition) is 1. The molecule has 7 heteroatoms. The van der Waals surface area contributed by atoms with Crippen LogP contribution in [-0.2, 0) is 23.2 Å². The Morgan fingerprint density at radius 2 is 2.10 bits per heavy atom. The molecule has 2 amide bonds. The zero-order chi connectivity index (χ0) is 15.8. The van der Waals surface area contributed by atoms with Crippen LogP contribution in [0.5, 0.6) is 0 Å². The molecule has 1 saturated heterocycles. The van der Waals surface area contributed by atoms with Crippen LogP contribution in [0.15, 0.2) is 0 Å². The first-order chi connectivity index (χ1) is 9.78. The summed E-state index contributed by atoms with van der Waals surface area (Å²) in [6.45, 7) is 6.30. The van der Waals surface area contributed by atoms with E-state index in [1.807, 2.05) is 13.8 Å². The van der Waals surface area contributed by atoms with Gasteiger partial charge in [-0.25, -0.2) is 0 Å². The first-order valence-corrected chi connectivity index (χ1v) is 7.44. The van der Waals surface area contributed by atoms with Gasteiger partial charge in [0.1, 0.15) is 10.7 Å². The predicted octanol–water partition coefficient (Wildman–Crippen LogP) is 1.40. The molecule has 0 aliphatic carbocycles. The molecule has 1 aromatic rings. The van der Waals surface area contributed by atoms with Crippen molar-refractivity contribution in [3.05, 3.63) is 16.4 Å². The third-order valence-electron chi connectivity index (χ3n) is 4.11. The van der Waals surface area contributed by atoms with Crippen molar-refractivity contribution >= 4 is 23.4 Å². The number of aromatic nitrogens is 2. The smallest absolute Gasteiger partial charge is 0.248 e. The van der Waals surface area contributed by atoms with E-state index < -0.39 is 5.54 Å². The summed E-state index contributed by atoms with van der Waals surface area (Å²) in [6, 6.07) is 0. The van der Waals surface area contributed by atoms with Crippen molar-refractivity contribution in [3.63, 3.8) is 0 Å². The minimum absolute atomic E-state index is 0.0739. The van der Waals surface area contributed by atoms with E-state index in [9.17, 15) is 9.59 Å². The maximum atomic E-state index is 12.7. The molecule has 1 N–H and O–H groups in total. The van der Waals surface area contributed by atoms with Gasteiger partial charge in [0.2, 0.25) is 11.8 Å². The van der Waals surface area contributed by atoms with Crippen LogP contribution in [0.2, 0.25) is 5.15 Å². The van der Waals surface area contributed by atoms with Gasteiger partial charge in [0.25, 0.3) is 0 Å². The molecule has 0 radical (unpaired) electrons. The van der Waals surface area contributed by atoms with E-state index in [2.05, 4.69) is 10.4 Å². The molecule has 0 saturated carbocycles. The quantitative estimate of drug-likeness (QED) is 0.917. The highest BCUT2D eigenvalue weighted by Crippen LogP contribution is 2.24. The second-order valence-corrected chi connectivity index (χ2v) is 6.05. The normalized spacial score (nSPS) is 23.2. The van der Waals surface area contributed by atoms with Gasteiger partial charge in [-0.2, -0.15) is 5.10 Å². The number of halogens is 1. The largest absolute Gasteiger partial charge is 0.342 e. The van der Waals surface area contributed by atoms with E-state index in [0.29, 0.717) is 31.1 Å². The molecule has 0 bridgehead atoms. The van der Waals surface area contributed by atoms with E-state index in [0.717, 1.165) is 11.3 Å². The zero-order valence-electron chi connectivity index (χ0n) is 12.9. The molecule has 2 rings (SSSR count). The number of carbonyl (C=O) groups excluding carboxylic acids is 2. The van der Waals surface area contributed by atoms with Gasteiger partial charge < -0.3 is 10.2 Å². The lowest BCUT2D eigenvalue weighted by Gasteiger charge is -2.31. The molecule has 0 aromatic carbocycles. The lowest BCUT2D eigenvalue weighted by Crippen LogP contribution is -2.54. The molecule has 1 unspecified atom stereocenters. The molecule has 1 aliphatic heterocycles. The van der Waals surface area contributed by atoms with Gasteiger partial charge in [-0.1, -0.05) is 18.5 Å². The number of rotatable bonds is 3. The molecular formula is C14H21ClN4O2. The van der Waals surface area contributed by atoms with Crippen molar-refractivity contribution < 1.29 is 9.59 Å². The summed E-state index contributed by atoms with van der Waals surface area (Å²) in [7, 11) is 1.77. The number of nitrogens with zero attached hydrogens (tertiary/aromatic N) is 3. The minimum Gasteiger partial charge on any atom is -0.342 e. The fourth-order valence-corrected chi connectivity index (χ4v) is 2.78. The second kappa shape index (κ2) is 5.67. The van der Waals surface area contributed by atoms with Crippen LogP contribution in [0.3, 0.4) is 0 Å². The standard InChI is InChI=1S/C14H21ClN4O2/c1-5-14(3)13(21)19(7-6-11(20)16-14)8-10-9(2)17-18(4)12(10)15/h5-8H2,1-4H3,(H,16,20). The van der Waals surface area contributed by atoms with E-state index in [1.54, 1.807) is 23.6 Å². The van der Waals surface area contributed by atoms with Crippen LogP contribution in [0.1, 0.15) is 37.9 Å². The van der Waals surface area contributed by atoms with Crippen molar-refractivity contribution in [2.24, 2.45) is 7.05 Å². The van der Waals surface area contributed by atoms with Gasteiger partial charge in [-0.15, -0.1) is 0 Å². The van der Waals surface area contributed by atoms with Crippen LogP contribution in [-0.4, -0.2) is 38.6 Å². The van der Waals surface area contributed by atoms with Gasteiger partial charge in [0.05, 0.1) is 12.2 Å². The van der Waals surface area contributed by atoms with E-state index in [-0.39, 0.29) is 11.8 Å². The van der Waals surface area contributed by atoms with E-state index in [1.165, 1.54) is 0 Å². The van der Waals surface area contributed by atoms with Crippen LogP contribution < -0.4 is 5.32 Å². The summed E-state index contributed by atoms with van der Waals surface area (Å²) in [4.78, 5) is 26.2. The minimum atomic E-state index is -0.851. The Morgan fingerprint density at radius 3 is 2.62 bits per heavy atom. The summed E-state index contributed by atoms with van der Waals surface area (Å²) in [5.41, 5.74) is 0.785. The molecule has 0 spiro atoms. The van der Waals surface area contributed by atoms with Gasteiger partial charge in [0.15, 0.2) is 0 Å². The SMILES string of the molecule is CCC1(C)NC(=O)CCN(Cc2c(C)nn(C)c2Cl)C1=O. The fraction of sp³-hybridized carbons (Fsp3) is 0.643. The van der Waals surface area contributed by atoms with Gasteiger partial charge in [-0.05, 0) is 20.3 Å². The maximum absolute atomic E-state index is 12.7. The lowest BCUT2D eigenvalue weighted by atomic mass is 9.97. The molecule has 2 heterocycles.